The molecule has 0 saturated carbocycles. The molecule has 7 heteroatoms. The lowest BCUT2D eigenvalue weighted by Gasteiger charge is -2.41. The van der Waals surface area contributed by atoms with Gasteiger partial charge in [-0.3, -0.25) is 4.79 Å². The van der Waals surface area contributed by atoms with Gasteiger partial charge in [0.2, 0.25) is 5.91 Å². The summed E-state index contributed by atoms with van der Waals surface area (Å²) in [7, 11) is 0. The number of nitrogens with zero attached hydrogens (tertiary/aromatic N) is 3. The minimum absolute atomic E-state index is 0.0403. The first-order valence-electron chi connectivity index (χ1n) is 17.6. The number of aryl methyl sites for hydroxylation is 2. The molecule has 0 radical (unpaired) electrons. The highest BCUT2D eigenvalue weighted by Gasteiger charge is 2.33. The lowest BCUT2D eigenvalue weighted by molar-refractivity contribution is -0.138. The van der Waals surface area contributed by atoms with E-state index in [1.807, 2.05) is 47.4 Å². The van der Waals surface area contributed by atoms with Crippen LogP contribution in [-0.4, -0.2) is 47.9 Å². The molecule has 1 saturated heterocycles. The van der Waals surface area contributed by atoms with Gasteiger partial charge in [0.1, 0.15) is 6.04 Å². The van der Waals surface area contributed by atoms with Crippen molar-refractivity contribution in [1.29, 1.82) is 0 Å². The molecule has 1 amide bonds. The van der Waals surface area contributed by atoms with E-state index in [-0.39, 0.29) is 5.91 Å². The van der Waals surface area contributed by atoms with Gasteiger partial charge in [0, 0.05) is 50.5 Å². The number of halogens is 3. The van der Waals surface area contributed by atoms with E-state index in [9.17, 15) is 18.0 Å². The first-order chi connectivity index (χ1) is 24.1. The molecule has 4 nitrogen and oxygen atoms in total. The Labute approximate surface area is 295 Å². The van der Waals surface area contributed by atoms with Gasteiger partial charge in [-0.25, -0.2) is 0 Å². The summed E-state index contributed by atoms with van der Waals surface area (Å²) in [6.45, 7) is 11.9. The number of amides is 1. The summed E-state index contributed by atoms with van der Waals surface area (Å²) in [6.07, 6.45) is 4.21. The van der Waals surface area contributed by atoms with Crippen LogP contribution in [-0.2, 0) is 30.4 Å². The summed E-state index contributed by atoms with van der Waals surface area (Å²) in [5.74, 6) is 0.0403. The fraction of sp³-hybridized carbons (Fsp3) is 0.326. The largest absolute Gasteiger partial charge is 0.416 e. The molecule has 1 atom stereocenters. The fourth-order valence-corrected chi connectivity index (χ4v) is 6.54. The van der Waals surface area contributed by atoms with Crippen molar-refractivity contribution in [1.82, 2.24) is 9.80 Å². The van der Waals surface area contributed by atoms with Crippen molar-refractivity contribution < 1.29 is 18.0 Å². The maximum Gasteiger partial charge on any atom is 0.416 e. The van der Waals surface area contributed by atoms with Crippen LogP contribution in [0.15, 0.2) is 121 Å². The number of carbonyl (C=O) groups excluding carboxylic acids is 1. The average Bonchev–Trinajstić information content (AvgIpc) is 3.13. The minimum atomic E-state index is -4.40. The summed E-state index contributed by atoms with van der Waals surface area (Å²) < 4.78 is 39.6. The summed E-state index contributed by atoms with van der Waals surface area (Å²) in [5.41, 5.74) is 6.35. The maximum absolute atomic E-state index is 14.6. The zero-order chi connectivity index (χ0) is 35.5. The third-order valence-corrected chi connectivity index (χ3v) is 9.50. The highest BCUT2D eigenvalue weighted by molar-refractivity contribution is 5.83. The van der Waals surface area contributed by atoms with E-state index in [0.717, 1.165) is 49.2 Å². The van der Waals surface area contributed by atoms with Gasteiger partial charge in [-0.15, -0.1) is 0 Å². The van der Waals surface area contributed by atoms with Crippen LogP contribution >= 0.6 is 0 Å². The second kappa shape index (κ2) is 17.2. The molecular formula is C43H48F3N3O. The predicted octanol–water partition coefficient (Wildman–Crippen LogP) is 9.74. The smallest absolute Gasteiger partial charge is 0.368 e. The Bertz CT molecular complexity index is 1710. The number of hydrogen-bond acceptors (Lipinski definition) is 3. The van der Waals surface area contributed by atoms with Gasteiger partial charge in [-0.1, -0.05) is 117 Å². The monoisotopic (exact) mass is 679 g/mol. The molecule has 5 rings (SSSR count). The van der Waals surface area contributed by atoms with Crippen molar-refractivity contribution in [2.75, 3.05) is 31.1 Å². The van der Waals surface area contributed by atoms with Crippen molar-refractivity contribution in [2.45, 2.75) is 64.7 Å². The van der Waals surface area contributed by atoms with Crippen LogP contribution in [0.3, 0.4) is 0 Å². The first kappa shape index (κ1) is 36.5. The molecule has 0 aliphatic carbocycles. The number of allylic oxidation sites excluding steroid dienone is 1. The zero-order valence-corrected chi connectivity index (χ0v) is 29.2. The van der Waals surface area contributed by atoms with Crippen molar-refractivity contribution >= 4 is 17.7 Å². The number of benzene rings is 4. The third kappa shape index (κ3) is 9.90. The van der Waals surface area contributed by atoms with Crippen LogP contribution < -0.4 is 4.90 Å². The van der Waals surface area contributed by atoms with Crippen LogP contribution in [0.1, 0.15) is 59.6 Å². The van der Waals surface area contributed by atoms with Crippen molar-refractivity contribution in [3.8, 4) is 0 Å². The molecule has 1 aliphatic rings. The molecule has 262 valence electrons. The van der Waals surface area contributed by atoms with Crippen LogP contribution in [0.5, 0.6) is 0 Å². The van der Waals surface area contributed by atoms with Crippen LogP contribution in [0, 0.1) is 6.92 Å². The molecule has 4 aromatic carbocycles. The van der Waals surface area contributed by atoms with Gasteiger partial charge in [0.15, 0.2) is 0 Å². The van der Waals surface area contributed by atoms with Crippen molar-refractivity contribution in [2.24, 2.45) is 0 Å². The number of alkyl halides is 3. The molecule has 50 heavy (non-hydrogen) atoms. The number of piperazine rings is 1. The van der Waals surface area contributed by atoms with E-state index in [2.05, 4.69) is 72.7 Å². The Hall–Kier alpha value is -4.78. The number of para-hydroxylation sites is 1. The van der Waals surface area contributed by atoms with Crippen molar-refractivity contribution in [3.63, 3.8) is 0 Å². The number of rotatable bonds is 14. The van der Waals surface area contributed by atoms with Gasteiger partial charge in [-0.2, -0.15) is 13.2 Å². The zero-order valence-electron chi connectivity index (χ0n) is 29.2. The van der Waals surface area contributed by atoms with E-state index in [1.54, 1.807) is 6.08 Å². The SMILES string of the molecule is C=C(/C=C/c1ccc(C(F)(F)F)cc1)N(Cc1ccc(CCCCC)cc1)[C@@H](Cc1ccccc1)C(=O)N1CCN(c2ccccc2C)CC1. The molecule has 0 N–H and O–H groups in total. The van der Waals surface area contributed by atoms with E-state index in [1.165, 1.54) is 41.8 Å². The lowest BCUT2D eigenvalue weighted by atomic mass is 10.00. The van der Waals surface area contributed by atoms with E-state index < -0.39 is 17.8 Å². The van der Waals surface area contributed by atoms with E-state index >= 15 is 0 Å². The summed E-state index contributed by atoms with van der Waals surface area (Å²) in [6, 6.07) is 31.5. The Morgan fingerprint density at radius 1 is 0.820 bits per heavy atom. The topological polar surface area (TPSA) is 26.8 Å². The molecular weight excluding hydrogens is 631 g/mol. The van der Waals surface area contributed by atoms with Crippen LogP contribution in [0.25, 0.3) is 6.08 Å². The second-order valence-electron chi connectivity index (χ2n) is 13.2. The molecule has 1 heterocycles. The fourth-order valence-electron chi connectivity index (χ4n) is 6.54. The van der Waals surface area contributed by atoms with E-state index in [0.29, 0.717) is 37.3 Å². The second-order valence-corrected chi connectivity index (χ2v) is 13.2. The Morgan fingerprint density at radius 2 is 1.46 bits per heavy atom. The molecule has 1 fully saturated rings. The molecule has 0 spiro atoms. The standard InChI is InChI=1S/C43H48F3N3O/c1-4-5-7-13-35-19-21-38(22-20-35)32-49(34(3)17-18-36-23-25-39(26-24-36)43(44,45)46)41(31-37-14-8-6-9-15-37)42(50)48-29-27-47(28-30-48)40-16-11-10-12-33(40)2/h6,8-12,14-26,41H,3-5,7,13,27-32H2,1-2H3/b18-17+/t41-/m0/s1. The molecule has 0 bridgehead atoms. The Kier molecular flexibility index (Phi) is 12.6. The highest BCUT2D eigenvalue weighted by atomic mass is 19.4. The number of carbonyl (C=O) groups is 1. The normalized spacial score (nSPS) is 14.2. The quantitative estimate of drug-likeness (QED) is 0.0981. The van der Waals surface area contributed by atoms with Gasteiger partial charge < -0.3 is 14.7 Å². The Morgan fingerprint density at radius 3 is 2.10 bits per heavy atom. The van der Waals surface area contributed by atoms with Crippen molar-refractivity contribution in [3.05, 3.63) is 155 Å². The van der Waals surface area contributed by atoms with Gasteiger partial charge in [0.05, 0.1) is 5.56 Å². The van der Waals surface area contributed by atoms with Crippen LogP contribution in [0.2, 0.25) is 0 Å². The summed E-state index contributed by atoms with van der Waals surface area (Å²) >= 11 is 0. The number of hydrogen-bond donors (Lipinski definition) is 0. The first-order valence-corrected chi connectivity index (χ1v) is 17.6. The maximum atomic E-state index is 14.6. The molecule has 0 unspecified atom stereocenters. The minimum Gasteiger partial charge on any atom is -0.368 e. The van der Waals surface area contributed by atoms with Gasteiger partial charge in [0.25, 0.3) is 0 Å². The van der Waals surface area contributed by atoms with Gasteiger partial charge in [-0.05, 0) is 71.9 Å². The van der Waals surface area contributed by atoms with E-state index in [4.69, 9.17) is 0 Å². The van der Waals surface area contributed by atoms with Crippen LogP contribution in [0.4, 0.5) is 18.9 Å². The lowest BCUT2D eigenvalue weighted by Crippen LogP contribution is -2.55. The predicted molar refractivity (Wildman–Crippen MR) is 199 cm³/mol. The number of anilines is 1. The number of unbranched alkanes of at least 4 members (excludes halogenated alkanes) is 2. The van der Waals surface area contributed by atoms with Gasteiger partial charge >= 0.3 is 6.18 Å². The molecule has 4 aromatic rings. The molecule has 1 aliphatic heterocycles. The molecule has 0 aromatic heterocycles. The third-order valence-electron chi connectivity index (χ3n) is 9.50. The summed E-state index contributed by atoms with van der Waals surface area (Å²) in [5, 5.41) is 0. The Balaban J connectivity index is 1.43. The highest BCUT2D eigenvalue weighted by Crippen LogP contribution is 2.30. The average molecular weight is 680 g/mol. The summed E-state index contributed by atoms with van der Waals surface area (Å²) in [4.78, 5) is 21.0.